The Morgan fingerprint density at radius 1 is 1.10 bits per heavy atom. The molecule has 0 saturated heterocycles. The van der Waals surface area contributed by atoms with Crippen molar-refractivity contribution in [1.29, 1.82) is 0 Å². The van der Waals surface area contributed by atoms with Crippen molar-refractivity contribution in [2.24, 2.45) is 0 Å². The van der Waals surface area contributed by atoms with Gasteiger partial charge in [-0.2, -0.15) is 0 Å². The highest BCUT2D eigenvalue weighted by Crippen LogP contribution is 2.20. The van der Waals surface area contributed by atoms with Crippen LogP contribution in [0.5, 0.6) is 5.75 Å². The van der Waals surface area contributed by atoms with Crippen molar-refractivity contribution < 1.29 is 14.6 Å². The van der Waals surface area contributed by atoms with Gasteiger partial charge in [-0.1, -0.05) is 30.3 Å². The normalized spacial score (nSPS) is 12.0. The minimum absolute atomic E-state index is 0.356. The second kappa shape index (κ2) is 6.44. The van der Waals surface area contributed by atoms with Crippen LogP contribution in [0.2, 0.25) is 0 Å². The van der Waals surface area contributed by atoms with Crippen molar-refractivity contribution in [1.82, 2.24) is 0 Å². The fourth-order valence-corrected chi connectivity index (χ4v) is 2.38. The predicted octanol–water partition coefficient (Wildman–Crippen LogP) is 3.69. The Morgan fingerprint density at radius 3 is 2.29 bits per heavy atom. The minimum atomic E-state index is -0.947. The van der Waals surface area contributed by atoms with E-state index in [9.17, 15) is 9.90 Å². The van der Waals surface area contributed by atoms with Crippen molar-refractivity contribution in [3.05, 3.63) is 64.7 Å². The van der Waals surface area contributed by atoms with E-state index >= 15 is 0 Å². The Kier molecular flexibility index (Phi) is 4.63. The Morgan fingerprint density at radius 2 is 1.71 bits per heavy atom. The molecular formula is C18H20O3. The number of carboxylic acid groups (broad SMARTS) is 1. The highest BCUT2D eigenvalue weighted by molar-refractivity contribution is 5.73. The summed E-state index contributed by atoms with van der Waals surface area (Å²) in [6.45, 7) is 5.92. The van der Waals surface area contributed by atoms with Crippen LogP contribution in [0.25, 0.3) is 0 Å². The summed E-state index contributed by atoms with van der Waals surface area (Å²) >= 11 is 0. The number of ether oxygens (including phenoxy) is 1. The molecule has 1 N–H and O–H groups in total. The van der Waals surface area contributed by atoms with E-state index in [1.807, 2.05) is 63.2 Å². The summed E-state index contributed by atoms with van der Waals surface area (Å²) in [6, 6.07) is 13.5. The number of aryl methyl sites for hydroxylation is 3. The van der Waals surface area contributed by atoms with E-state index < -0.39 is 12.1 Å². The maximum atomic E-state index is 11.5. The first kappa shape index (κ1) is 15.1. The Balaban J connectivity index is 2.20. The zero-order chi connectivity index (χ0) is 15.4. The van der Waals surface area contributed by atoms with Crippen LogP contribution in [0.3, 0.4) is 0 Å². The van der Waals surface area contributed by atoms with Gasteiger partial charge in [0.15, 0.2) is 6.10 Å². The third kappa shape index (κ3) is 4.09. The van der Waals surface area contributed by atoms with Crippen LogP contribution in [0, 0.1) is 20.8 Å². The van der Waals surface area contributed by atoms with Gasteiger partial charge in [-0.15, -0.1) is 0 Å². The number of benzene rings is 2. The highest BCUT2D eigenvalue weighted by atomic mass is 16.5. The highest BCUT2D eigenvalue weighted by Gasteiger charge is 2.21. The van der Waals surface area contributed by atoms with E-state index in [0.717, 1.165) is 22.3 Å². The van der Waals surface area contributed by atoms with Crippen LogP contribution in [0.4, 0.5) is 0 Å². The molecule has 3 nitrogen and oxygen atoms in total. The van der Waals surface area contributed by atoms with Crippen molar-refractivity contribution in [3.8, 4) is 5.75 Å². The molecule has 1 atom stereocenters. The zero-order valence-corrected chi connectivity index (χ0v) is 12.6. The summed E-state index contributed by atoms with van der Waals surface area (Å²) in [6.07, 6.45) is -0.526. The van der Waals surface area contributed by atoms with Crippen molar-refractivity contribution in [2.45, 2.75) is 33.3 Å². The average Bonchev–Trinajstić information content (AvgIpc) is 2.39. The number of rotatable bonds is 5. The molecule has 0 bridgehead atoms. The van der Waals surface area contributed by atoms with Crippen LogP contribution in [-0.4, -0.2) is 17.2 Å². The van der Waals surface area contributed by atoms with E-state index in [-0.39, 0.29) is 0 Å². The molecule has 2 rings (SSSR count). The lowest BCUT2D eigenvalue weighted by Crippen LogP contribution is -2.29. The molecule has 0 radical (unpaired) electrons. The molecule has 0 heterocycles. The maximum Gasteiger partial charge on any atom is 0.345 e. The Labute approximate surface area is 125 Å². The van der Waals surface area contributed by atoms with Crippen molar-refractivity contribution >= 4 is 5.97 Å². The summed E-state index contributed by atoms with van der Waals surface area (Å²) in [5.74, 6) is -0.342. The zero-order valence-electron chi connectivity index (χ0n) is 12.6. The van der Waals surface area contributed by atoms with Gasteiger partial charge in [0.2, 0.25) is 0 Å². The Hall–Kier alpha value is -2.29. The first-order chi connectivity index (χ1) is 9.95. The lowest BCUT2D eigenvalue weighted by Gasteiger charge is -2.17. The molecule has 3 heteroatoms. The van der Waals surface area contributed by atoms with Gasteiger partial charge in [0.25, 0.3) is 0 Å². The van der Waals surface area contributed by atoms with Crippen LogP contribution in [0.1, 0.15) is 22.3 Å². The molecule has 21 heavy (non-hydrogen) atoms. The molecule has 0 aliphatic heterocycles. The summed E-state index contributed by atoms with van der Waals surface area (Å²) in [7, 11) is 0. The largest absolute Gasteiger partial charge is 0.478 e. The van der Waals surface area contributed by atoms with E-state index in [4.69, 9.17) is 4.74 Å². The minimum Gasteiger partial charge on any atom is -0.478 e. The van der Waals surface area contributed by atoms with Gasteiger partial charge in [0.05, 0.1) is 0 Å². The number of hydrogen-bond donors (Lipinski definition) is 1. The summed E-state index contributed by atoms with van der Waals surface area (Å²) in [4.78, 5) is 11.5. The van der Waals surface area contributed by atoms with Gasteiger partial charge in [-0.05, 0) is 55.2 Å². The van der Waals surface area contributed by atoms with Crippen LogP contribution < -0.4 is 4.74 Å². The van der Waals surface area contributed by atoms with Crippen LogP contribution in [-0.2, 0) is 11.2 Å². The lowest BCUT2D eigenvalue weighted by atomic mass is 10.0. The van der Waals surface area contributed by atoms with E-state index in [1.54, 1.807) is 0 Å². The molecule has 2 aromatic rings. The monoisotopic (exact) mass is 284 g/mol. The smallest absolute Gasteiger partial charge is 0.345 e. The summed E-state index contributed by atoms with van der Waals surface area (Å²) < 4.78 is 5.70. The third-order valence-electron chi connectivity index (χ3n) is 3.42. The number of aliphatic carboxylic acids is 1. The van der Waals surface area contributed by atoms with Gasteiger partial charge >= 0.3 is 5.97 Å². The maximum absolute atomic E-state index is 11.5. The molecule has 0 aliphatic carbocycles. The van der Waals surface area contributed by atoms with Gasteiger partial charge in [-0.3, -0.25) is 0 Å². The van der Waals surface area contributed by atoms with E-state index in [0.29, 0.717) is 12.2 Å². The van der Waals surface area contributed by atoms with Crippen LogP contribution in [0.15, 0.2) is 42.5 Å². The summed E-state index contributed by atoms with van der Waals surface area (Å²) in [5, 5.41) is 9.40. The number of carboxylic acids is 1. The first-order valence-electron chi connectivity index (χ1n) is 6.98. The first-order valence-corrected chi connectivity index (χ1v) is 6.98. The Bertz CT molecular complexity index is 626. The molecule has 0 saturated carbocycles. The fraction of sp³-hybridized carbons (Fsp3) is 0.278. The topological polar surface area (TPSA) is 46.5 Å². The molecule has 1 unspecified atom stereocenters. The average molecular weight is 284 g/mol. The van der Waals surface area contributed by atoms with Gasteiger partial charge in [-0.25, -0.2) is 4.79 Å². The SMILES string of the molecule is Cc1cc(C)cc(OC(Cc2ccccc2C)C(=O)O)c1. The molecule has 0 fully saturated rings. The molecule has 2 aromatic carbocycles. The van der Waals surface area contributed by atoms with Gasteiger partial charge in [0.1, 0.15) is 5.75 Å². The van der Waals surface area contributed by atoms with Gasteiger partial charge in [0, 0.05) is 6.42 Å². The fourth-order valence-electron chi connectivity index (χ4n) is 2.38. The molecule has 110 valence electrons. The molecule has 0 aromatic heterocycles. The molecule has 0 amide bonds. The van der Waals surface area contributed by atoms with Crippen molar-refractivity contribution in [2.75, 3.05) is 0 Å². The molecule has 0 aliphatic rings. The van der Waals surface area contributed by atoms with E-state index in [2.05, 4.69) is 0 Å². The third-order valence-corrected chi connectivity index (χ3v) is 3.42. The van der Waals surface area contributed by atoms with Crippen molar-refractivity contribution in [3.63, 3.8) is 0 Å². The second-order valence-electron chi connectivity index (χ2n) is 5.40. The molecular weight excluding hydrogens is 264 g/mol. The molecule has 0 spiro atoms. The lowest BCUT2D eigenvalue weighted by molar-refractivity contribution is -0.145. The van der Waals surface area contributed by atoms with E-state index in [1.165, 1.54) is 0 Å². The summed E-state index contributed by atoms with van der Waals surface area (Å²) in [5.41, 5.74) is 4.19. The predicted molar refractivity (Wildman–Crippen MR) is 82.9 cm³/mol. The van der Waals surface area contributed by atoms with Crippen LogP contribution >= 0.6 is 0 Å². The number of hydrogen-bond acceptors (Lipinski definition) is 2. The van der Waals surface area contributed by atoms with Gasteiger partial charge < -0.3 is 9.84 Å². The second-order valence-corrected chi connectivity index (χ2v) is 5.40. The standard InChI is InChI=1S/C18H20O3/c1-12-8-13(2)10-16(9-12)21-17(18(19)20)11-15-7-5-4-6-14(15)3/h4-10,17H,11H2,1-3H3,(H,19,20). The quantitative estimate of drug-likeness (QED) is 0.911. The number of carbonyl (C=O) groups is 1.